The number of aromatic hydroxyl groups is 1. The Kier molecular flexibility index (Phi) is 6.71. The number of phenols is 1. The number of Topliss-reactive ketones (excluding diaryl/α,β-unsaturated/α-hetero) is 4. The molecule has 0 radical (unpaired) electrons. The molecule has 1 amide bonds. The van der Waals surface area contributed by atoms with Crippen molar-refractivity contribution in [1.82, 2.24) is 10.2 Å². The van der Waals surface area contributed by atoms with Crippen molar-refractivity contribution in [3.8, 4) is 11.5 Å². The Hall–Kier alpha value is -3.15. The molecule has 40 heavy (non-hydrogen) atoms. The number of hydrogen-bond donors (Lipinski definition) is 4. The highest BCUT2D eigenvalue weighted by Gasteiger charge is 2.69. The summed E-state index contributed by atoms with van der Waals surface area (Å²) < 4.78 is 5.75. The summed E-state index contributed by atoms with van der Waals surface area (Å²) in [5, 5.41) is 26.2. The number of likely N-dealkylation sites (N-methyl/N-ethyl adjacent to an activating group) is 1. The predicted octanol–water partition coefficient (Wildman–Crippen LogP) is 0.154. The van der Waals surface area contributed by atoms with E-state index < -0.39 is 64.4 Å². The van der Waals surface area contributed by atoms with Crippen LogP contribution in [0.5, 0.6) is 11.5 Å². The molecule has 4 aliphatic carbocycles. The van der Waals surface area contributed by atoms with Crippen LogP contribution in [0.3, 0.4) is 0 Å². The fourth-order valence-electron chi connectivity index (χ4n) is 7.37. The van der Waals surface area contributed by atoms with Crippen LogP contribution in [0.1, 0.15) is 54.6 Å². The van der Waals surface area contributed by atoms with Gasteiger partial charge in [0.05, 0.1) is 24.6 Å². The third-order valence-corrected chi connectivity index (χ3v) is 9.63. The number of nitrogens with zero attached hydrogens (tertiary/aromatic N) is 1. The van der Waals surface area contributed by atoms with Crippen LogP contribution in [0.15, 0.2) is 6.07 Å². The van der Waals surface area contributed by atoms with Crippen molar-refractivity contribution in [3.05, 3.63) is 22.8 Å². The van der Waals surface area contributed by atoms with E-state index in [0.717, 1.165) is 12.8 Å². The fraction of sp³-hybridized carbons (Fsp3) is 0.621. The van der Waals surface area contributed by atoms with Crippen LogP contribution in [0, 0.1) is 29.6 Å². The summed E-state index contributed by atoms with van der Waals surface area (Å²) in [6.07, 6.45) is 2.43. The Labute approximate surface area is 232 Å². The maximum atomic E-state index is 13.9. The normalized spacial score (nSPS) is 32.0. The van der Waals surface area contributed by atoms with Gasteiger partial charge >= 0.3 is 0 Å². The van der Waals surface area contributed by atoms with E-state index in [-0.39, 0.29) is 29.7 Å². The number of carbonyl (C=O) groups is 5. The van der Waals surface area contributed by atoms with E-state index in [1.165, 1.54) is 18.1 Å². The average molecular weight is 556 g/mol. The molecule has 0 aromatic heterocycles. The number of hydrogen-bond acceptors (Lipinski definition) is 10. The smallest absolute Gasteiger partial charge is 0.235 e. The van der Waals surface area contributed by atoms with Gasteiger partial charge in [0, 0.05) is 29.1 Å². The molecule has 1 aromatic carbocycles. The van der Waals surface area contributed by atoms with Gasteiger partial charge in [-0.2, -0.15) is 0 Å². The molecule has 0 spiro atoms. The highest BCUT2D eigenvalue weighted by Crippen LogP contribution is 2.52. The van der Waals surface area contributed by atoms with Gasteiger partial charge in [0.15, 0.2) is 34.7 Å². The third kappa shape index (κ3) is 4.01. The fourth-order valence-corrected chi connectivity index (χ4v) is 7.37. The molecule has 0 bridgehead atoms. The van der Waals surface area contributed by atoms with E-state index in [1.54, 1.807) is 14.1 Å². The number of ether oxygens (including phenoxy) is 1. The summed E-state index contributed by atoms with van der Waals surface area (Å²) >= 11 is 0. The molecule has 0 saturated heterocycles. The molecule has 5 N–H and O–H groups in total. The summed E-state index contributed by atoms with van der Waals surface area (Å²) in [6.45, 7) is 4.63. The van der Waals surface area contributed by atoms with Crippen LogP contribution < -0.4 is 15.8 Å². The molecule has 2 unspecified atom stereocenters. The van der Waals surface area contributed by atoms with Gasteiger partial charge in [-0.25, -0.2) is 0 Å². The van der Waals surface area contributed by atoms with Crippen molar-refractivity contribution in [2.75, 3.05) is 21.2 Å². The number of nitrogens with two attached hydrogens (primary N) is 1. The van der Waals surface area contributed by atoms with E-state index >= 15 is 0 Å². The average Bonchev–Trinajstić information content (AvgIpc) is 3.71. The third-order valence-electron chi connectivity index (χ3n) is 9.63. The van der Waals surface area contributed by atoms with Crippen LogP contribution >= 0.6 is 0 Å². The van der Waals surface area contributed by atoms with Gasteiger partial charge in [0.1, 0.15) is 11.5 Å². The molecule has 5 rings (SSSR count). The van der Waals surface area contributed by atoms with Gasteiger partial charge in [-0.05, 0) is 71.5 Å². The summed E-state index contributed by atoms with van der Waals surface area (Å²) in [4.78, 5) is 67.9. The minimum absolute atomic E-state index is 0.00893. The Balaban J connectivity index is 1.57. The summed E-state index contributed by atoms with van der Waals surface area (Å²) in [5.74, 6) is -9.68. The number of aliphatic hydroxyl groups is 1. The van der Waals surface area contributed by atoms with Crippen molar-refractivity contribution in [2.45, 2.75) is 63.3 Å². The van der Waals surface area contributed by atoms with Gasteiger partial charge in [0.2, 0.25) is 5.91 Å². The molecule has 0 aliphatic heterocycles. The lowest BCUT2D eigenvalue weighted by molar-refractivity contribution is -0.181. The Morgan fingerprint density at radius 3 is 2.40 bits per heavy atom. The Morgan fingerprint density at radius 1 is 1.20 bits per heavy atom. The lowest BCUT2D eigenvalue weighted by Gasteiger charge is -2.52. The molecular formula is C29H37N3O8. The molecule has 0 heterocycles. The van der Waals surface area contributed by atoms with Crippen molar-refractivity contribution in [2.24, 2.45) is 35.3 Å². The molecular weight excluding hydrogens is 518 g/mol. The monoisotopic (exact) mass is 555 g/mol. The number of phenolic OH excluding ortho intramolecular Hbond substituents is 1. The largest absolute Gasteiger partial charge is 0.507 e. The van der Waals surface area contributed by atoms with Crippen LogP contribution in [0.2, 0.25) is 0 Å². The highest BCUT2D eigenvalue weighted by atomic mass is 16.5. The lowest BCUT2D eigenvalue weighted by Crippen LogP contribution is -2.74. The number of methoxy groups -OCH3 is 1. The number of primary amides is 1. The topological polar surface area (TPSA) is 176 Å². The van der Waals surface area contributed by atoms with Gasteiger partial charge in [0.25, 0.3) is 0 Å². The number of carbonyl (C=O) groups excluding carboxylic acids is 5. The van der Waals surface area contributed by atoms with E-state index in [0.29, 0.717) is 29.3 Å². The maximum Gasteiger partial charge on any atom is 0.235 e. The first kappa shape index (κ1) is 28.4. The number of nitrogens with one attached hydrogen (secondary N) is 1. The molecule has 3 saturated carbocycles. The minimum atomic E-state index is -2.74. The summed E-state index contributed by atoms with van der Waals surface area (Å²) in [6, 6.07) is 0.309. The van der Waals surface area contributed by atoms with Gasteiger partial charge in [-0.15, -0.1) is 0 Å². The number of amides is 1. The Morgan fingerprint density at radius 2 is 1.85 bits per heavy atom. The SMILES string of the molecule is COc1c(CNC(C)(C)C2CC2)cc(O)c2c1C[C@H]1C[C@H]3[C@H](N(C)C)C(=O)C(C(N)=O)C(=O)[C@@]3(O)C(=O)C1C2=O. The lowest BCUT2D eigenvalue weighted by atomic mass is 9.52. The number of rotatable bonds is 7. The molecule has 3 fully saturated rings. The van der Waals surface area contributed by atoms with Gasteiger partial charge < -0.3 is 26.0 Å². The van der Waals surface area contributed by atoms with Crippen molar-refractivity contribution < 1.29 is 38.9 Å². The standard InChI is InChI=1S/C29H37N3O8/c1-28(2,14-6-7-14)31-11-13-10-17(33)19-15(24(13)40-5)8-12-9-16-21(32(3)4)23(35)20(27(30)38)26(37)29(16,39)25(36)18(12)22(19)34/h10,12,14,16,18,20-21,31,33,39H,6-9,11H2,1-5H3,(H2,30,38)/t12-,16-,18?,20?,21-,29-/m0/s1. The van der Waals surface area contributed by atoms with E-state index in [4.69, 9.17) is 10.5 Å². The van der Waals surface area contributed by atoms with E-state index in [2.05, 4.69) is 19.2 Å². The van der Waals surface area contributed by atoms with Crippen molar-refractivity contribution in [1.29, 1.82) is 0 Å². The zero-order valence-corrected chi connectivity index (χ0v) is 23.4. The second kappa shape index (κ2) is 9.46. The molecule has 11 heteroatoms. The van der Waals surface area contributed by atoms with Gasteiger partial charge in [-0.1, -0.05) is 0 Å². The first-order chi connectivity index (χ1) is 18.7. The molecule has 6 atom stereocenters. The second-order valence-corrected chi connectivity index (χ2v) is 12.6. The predicted molar refractivity (Wildman–Crippen MR) is 142 cm³/mol. The molecule has 4 aliphatic rings. The molecule has 1 aromatic rings. The first-order valence-electron chi connectivity index (χ1n) is 13.7. The van der Waals surface area contributed by atoms with Gasteiger partial charge in [-0.3, -0.25) is 28.9 Å². The summed E-state index contributed by atoms with van der Waals surface area (Å²) in [5.41, 5.74) is 3.53. The van der Waals surface area contributed by atoms with Crippen LogP contribution in [0.25, 0.3) is 0 Å². The van der Waals surface area contributed by atoms with Crippen molar-refractivity contribution >= 4 is 29.0 Å². The van der Waals surface area contributed by atoms with Crippen molar-refractivity contribution in [3.63, 3.8) is 0 Å². The van der Waals surface area contributed by atoms with E-state index in [9.17, 15) is 34.2 Å². The first-order valence-corrected chi connectivity index (χ1v) is 13.7. The highest BCUT2D eigenvalue weighted by molar-refractivity contribution is 6.32. The number of ketones is 4. The van der Waals surface area contributed by atoms with Crippen LogP contribution in [-0.4, -0.2) is 82.5 Å². The molecule has 11 nitrogen and oxygen atoms in total. The zero-order valence-electron chi connectivity index (χ0n) is 23.4. The zero-order chi connectivity index (χ0) is 29.5. The maximum absolute atomic E-state index is 13.9. The van der Waals surface area contributed by atoms with Crippen LogP contribution in [-0.2, 0) is 32.1 Å². The summed E-state index contributed by atoms with van der Waals surface area (Å²) in [7, 11) is 4.59. The number of benzene rings is 1. The number of fused-ring (bicyclic) bond motifs is 3. The molecule has 216 valence electrons. The Bertz CT molecular complexity index is 1330. The second-order valence-electron chi connectivity index (χ2n) is 12.6. The minimum Gasteiger partial charge on any atom is -0.507 e. The quantitative estimate of drug-likeness (QED) is 0.339. The van der Waals surface area contributed by atoms with Crippen LogP contribution in [0.4, 0.5) is 0 Å². The van der Waals surface area contributed by atoms with E-state index in [1.807, 2.05) is 0 Å².